The summed E-state index contributed by atoms with van der Waals surface area (Å²) in [6.07, 6.45) is 4.10. The molecule has 1 aliphatic carbocycles. The van der Waals surface area contributed by atoms with Gasteiger partial charge in [0.15, 0.2) is 0 Å². The van der Waals surface area contributed by atoms with Crippen LogP contribution in [0.4, 0.5) is 0 Å². The maximum Gasteiger partial charge on any atom is 0.0330 e. The van der Waals surface area contributed by atoms with Gasteiger partial charge in [-0.25, -0.2) is 0 Å². The lowest BCUT2D eigenvalue weighted by atomic mass is 9.75. The molecule has 0 bridgehead atoms. The van der Waals surface area contributed by atoms with E-state index in [0.29, 0.717) is 16.9 Å². The first-order valence-corrected chi connectivity index (χ1v) is 7.81. The minimum absolute atomic E-state index is 0.348. The van der Waals surface area contributed by atoms with Crippen LogP contribution >= 0.6 is 12.6 Å². The minimum atomic E-state index is 0.348. The number of likely N-dealkylation sites (N-methyl/N-ethyl adjacent to an activating group) is 2. The lowest BCUT2D eigenvalue weighted by Gasteiger charge is -2.50. The Morgan fingerprint density at radius 2 is 1.72 bits per heavy atom. The third-order valence-electron chi connectivity index (χ3n) is 4.77. The van der Waals surface area contributed by atoms with E-state index in [-0.39, 0.29) is 0 Å². The van der Waals surface area contributed by atoms with E-state index >= 15 is 0 Å². The first-order chi connectivity index (χ1) is 8.21. The monoisotopic (exact) mass is 272 g/mol. The van der Waals surface area contributed by atoms with Crippen molar-refractivity contribution < 1.29 is 0 Å². The fraction of sp³-hybridized carbons (Fsp3) is 1.00. The Kier molecular flexibility index (Phi) is 5.58. The predicted molar refractivity (Wildman–Crippen MR) is 84.6 cm³/mol. The second-order valence-corrected chi connectivity index (χ2v) is 7.78. The average Bonchev–Trinajstić information content (AvgIpc) is 2.17. The maximum atomic E-state index is 4.54. The molecule has 0 aliphatic heterocycles. The van der Waals surface area contributed by atoms with Crippen LogP contribution in [0.1, 0.15) is 40.0 Å². The van der Waals surface area contributed by atoms with Crippen LogP contribution in [0.3, 0.4) is 0 Å². The van der Waals surface area contributed by atoms with Crippen LogP contribution in [0.2, 0.25) is 0 Å². The molecule has 1 fully saturated rings. The second-order valence-electron chi connectivity index (χ2n) is 7.41. The number of nitrogens with zero attached hydrogens (tertiary/aromatic N) is 2. The van der Waals surface area contributed by atoms with E-state index in [1.165, 1.54) is 25.8 Å². The molecule has 108 valence electrons. The van der Waals surface area contributed by atoms with Crippen LogP contribution in [-0.2, 0) is 0 Å². The number of hydrogen-bond acceptors (Lipinski definition) is 3. The van der Waals surface area contributed by atoms with Gasteiger partial charge in [-0.15, -0.1) is 0 Å². The van der Waals surface area contributed by atoms with Gasteiger partial charge in [-0.05, 0) is 57.5 Å². The van der Waals surface area contributed by atoms with Crippen LogP contribution in [0.15, 0.2) is 0 Å². The zero-order valence-electron chi connectivity index (χ0n) is 13.2. The van der Waals surface area contributed by atoms with Crippen LogP contribution in [0, 0.1) is 11.3 Å². The van der Waals surface area contributed by atoms with E-state index in [4.69, 9.17) is 0 Å². The standard InChI is InChI=1S/C15H32N2S/c1-14(2,3)13(11-18)10-17(6)12-15(16(4)5)8-7-9-15/h13,18H,7-12H2,1-6H3. The maximum absolute atomic E-state index is 4.54. The Hall–Kier alpha value is 0.270. The highest BCUT2D eigenvalue weighted by Gasteiger charge is 2.40. The molecule has 3 heteroatoms. The molecule has 1 rings (SSSR count). The number of thiol groups is 1. The SMILES string of the molecule is CN(CC(CS)C(C)(C)C)CC1(N(C)C)CCC1. The molecule has 0 heterocycles. The van der Waals surface area contributed by atoms with Crippen molar-refractivity contribution in [2.45, 2.75) is 45.6 Å². The van der Waals surface area contributed by atoms with E-state index in [0.717, 1.165) is 12.3 Å². The Morgan fingerprint density at radius 3 is 2.00 bits per heavy atom. The highest BCUT2D eigenvalue weighted by Crippen LogP contribution is 2.37. The summed E-state index contributed by atoms with van der Waals surface area (Å²) in [6.45, 7) is 9.33. The van der Waals surface area contributed by atoms with Crippen molar-refractivity contribution in [2.75, 3.05) is 40.0 Å². The molecule has 18 heavy (non-hydrogen) atoms. The molecule has 0 aromatic carbocycles. The molecule has 1 aliphatic rings. The van der Waals surface area contributed by atoms with Crippen LogP contribution in [-0.4, -0.2) is 55.3 Å². The Balaban J connectivity index is 2.52. The van der Waals surface area contributed by atoms with Gasteiger partial charge in [0.1, 0.15) is 0 Å². The topological polar surface area (TPSA) is 6.48 Å². The summed E-state index contributed by atoms with van der Waals surface area (Å²) in [5.41, 5.74) is 0.786. The van der Waals surface area contributed by atoms with Crippen molar-refractivity contribution in [3.63, 3.8) is 0 Å². The summed E-state index contributed by atoms with van der Waals surface area (Å²) < 4.78 is 0. The van der Waals surface area contributed by atoms with Gasteiger partial charge in [0, 0.05) is 18.6 Å². The zero-order chi connectivity index (χ0) is 14.0. The molecule has 0 spiro atoms. The van der Waals surface area contributed by atoms with E-state index in [9.17, 15) is 0 Å². The molecular formula is C15H32N2S. The Bertz CT molecular complexity index is 254. The zero-order valence-corrected chi connectivity index (χ0v) is 14.1. The molecule has 2 nitrogen and oxygen atoms in total. The van der Waals surface area contributed by atoms with E-state index < -0.39 is 0 Å². The van der Waals surface area contributed by atoms with E-state index in [1.54, 1.807) is 0 Å². The summed E-state index contributed by atoms with van der Waals surface area (Å²) in [6, 6.07) is 0. The first kappa shape index (κ1) is 16.3. The van der Waals surface area contributed by atoms with Crippen LogP contribution in [0.5, 0.6) is 0 Å². The van der Waals surface area contributed by atoms with Gasteiger partial charge in [0.2, 0.25) is 0 Å². The molecule has 1 unspecified atom stereocenters. The third-order valence-corrected chi connectivity index (χ3v) is 5.22. The fourth-order valence-corrected chi connectivity index (χ4v) is 3.54. The van der Waals surface area contributed by atoms with Crippen LogP contribution in [0.25, 0.3) is 0 Å². The lowest BCUT2D eigenvalue weighted by Crippen LogP contribution is -2.57. The largest absolute Gasteiger partial charge is 0.304 e. The van der Waals surface area contributed by atoms with Gasteiger partial charge in [-0.2, -0.15) is 12.6 Å². The predicted octanol–water partition coefficient (Wildman–Crippen LogP) is 2.99. The van der Waals surface area contributed by atoms with E-state index in [1.807, 2.05) is 0 Å². The van der Waals surface area contributed by atoms with Crippen molar-refractivity contribution in [1.29, 1.82) is 0 Å². The number of hydrogen-bond donors (Lipinski definition) is 1. The van der Waals surface area contributed by atoms with Crippen molar-refractivity contribution in [3.8, 4) is 0 Å². The molecule has 0 aromatic heterocycles. The van der Waals surface area contributed by atoms with Crippen molar-refractivity contribution in [1.82, 2.24) is 9.80 Å². The number of rotatable bonds is 6. The summed E-state index contributed by atoms with van der Waals surface area (Å²) in [5, 5.41) is 0. The molecule has 0 N–H and O–H groups in total. The first-order valence-electron chi connectivity index (χ1n) is 7.18. The summed E-state index contributed by atoms with van der Waals surface area (Å²) in [5.74, 6) is 1.63. The van der Waals surface area contributed by atoms with E-state index in [2.05, 4.69) is 64.3 Å². The fourth-order valence-electron chi connectivity index (χ4n) is 2.88. The molecule has 0 radical (unpaired) electrons. The van der Waals surface area contributed by atoms with Gasteiger partial charge < -0.3 is 9.80 Å². The molecule has 1 saturated carbocycles. The van der Waals surface area contributed by atoms with Gasteiger partial charge in [0.25, 0.3) is 0 Å². The summed E-state index contributed by atoms with van der Waals surface area (Å²) in [4.78, 5) is 4.95. The van der Waals surface area contributed by atoms with Crippen LogP contribution < -0.4 is 0 Å². The highest BCUT2D eigenvalue weighted by atomic mass is 32.1. The second kappa shape index (κ2) is 6.15. The Labute approximate surface area is 120 Å². The molecule has 1 atom stereocenters. The molecule has 0 aromatic rings. The van der Waals surface area contributed by atoms with Crippen molar-refractivity contribution >= 4 is 12.6 Å². The molecular weight excluding hydrogens is 240 g/mol. The van der Waals surface area contributed by atoms with Crippen molar-refractivity contribution in [2.24, 2.45) is 11.3 Å². The third kappa shape index (κ3) is 3.88. The molecule has 0 amide bonds. The van der Waals surface area contributed by atoms with Gasteiger partial charge in [0.05, 0.1) is 0 Å². The van der Waals surface area contributed by atoms with Gasteiger partial charge in [-0.3, -0.25) is 0 Å². The van der Waals surface area contributed by atoms with Gasteiger partial charge >= 0.3 is 0 Å². The summed E-state index contributed by atoms with van der Waals surface area (Å²) >= 11 is 4.54. The lowest BCUT2D eigenvalue weighted by molar-refractivity contribution is 0.0200. The molecule has 0 saturated heterocycles. The highest BCUT2D eigenvalue weighted by molar-refractivity contribution is 7.80. The quantitative estimate of drug-likeness (QED) is 0.743. The average molecular weight is 273 g/mol. The smallest absolute Gasteiger partial charge is 0.0330 e. The summed E-state index contributed by atoms with van der Waals surface area (Å²) in [7, 11) is 6.73. The Morgan fingerprint density at radius 1 is 1.17 bits per heavy atom. The van der Waals surface area contributed by atoms with Crippen molar-refractivity contribution in [3.05, 3.63) is 0 Å². The van der Waals surface area contributed by atoms with Gasteiger partial charge in [-0.1, -0.05) is 20.8 Å². The minimum Gasteiger partial charge on any atom is -0.304 e. The normalized spacial score (nSPS) is 21.2.